The third kappa shape index (κ3) is 3.82. The van der Waals surface area contributed by atoms with Crippen LogP contribution in [0.15, 0.2) is 40.9 Å². The molecule has 0 saturated heterocycles. The Kier molecular flexibility index (Phi) is 5.42. The quantitative estimate of drug-likeness (QED) is 0.360. The van der Waals surface area contributed by atoms with Gasteiger partial charge in [0, 0.05) is 22.2 Å². The van der Waals surface area contributed by atoms with E-state index in [-0.39, 0.29) is 34.7 Å². The average molecular weight is 446 g/mol. The Hall–Kier alpha value is -3.74. The van der Waals surface area contributed by atoms with Crippen molar-refractivity contribution in [1.29, 1.82) is 5.26 Å². The zero-order valence-electron chi connectivity index (χ0n) is 16.7. The maximum absolute atomic E-state index is 13.7. The third-order valence-electron chi connectivity index (χ3n) is 5.02. The number of fused-ring (bicyclic) bond motifs is 1. The highest BCUT2D eigenvalue weighted by Gasteiger charge is 2.36. The van der Waals surface area contributed by atoms with Gasteiger partial charge in [-0.3, -0.25) is 0 Å². The number of nitrogens with zero attached hydrogens (tertiary/aromatic N) is 4. The van der Waals surface area contributed by atoms with Crippen LogP contribution in [0.25, 0.3) is 22.4 Å². The molecule has 10 heteroatoms. The lowest BCUT2D eigenvalue weighted by molar-refractivity contribution is -0.136. The van der Waals surface area contributed by atoms with Crippen molar-refractivity contribution in [2.24, 2.45) is 0 Å². The van der Waals surface area contributed by atoms with Crippen LogP contribution in [0.1, 0.15) is 36.0 Å². The van der Waals surface area contributed by atoms with Gasteiger partial charge >= 0.3 is 6.18 Å². The Morgan fingerprint density at radius 2 is 1.88 bits per heavy atom. The summed E-state index contributed by atoms with van der Waals surface area (Å²) >= 11 is 0. The number of alkyl halides is 3. The summed E-state index contributed by atoms with van der Waals surface area (Å²) in [7, 11) is 0. The van der Waals surface area contributed by atoms with Crippen molar-refractivity contribution in [3.05, 3.63) is 70.7 Å². The molecule has 0 N–H and O–H groups in total. The number of nitriles is 1. The van der Waals surface area contributed by atoms with Gasteiger partial charge < -0.3 is 9.09 Å². The van der Waals surface area contributed by atoms with Crippen molar-refractivity contribution in [2.45, 2.75) is 32.5 Å². The standard InChI is InChI=1S/C22H15F5N4O/c1-2-3-14-9-15-18(7-5-13(10-28)20(15)22(25,26)27)31(14)11-19-29-21(32-30-19)12-4-6-16(23)17(24)8-12/h4-9H,2-3,11H2,1H3. The second kappa shape index (κ2) is 8.07. The van der Waals surface area contributed by atoms with Gasteiger partial charge in [0.25, 0.3) is 5.89 Å². The number of hydrogen-bond donors (Lipinski definition) is 0. The van der Waals surface area contributed by atoms with Crippen LogP contribution >= 0.6 is 0 Å². The van der Waals surface area contributed by atoms with Crippen LogP contribution in [0.4, 0.5) is 22.0 Å². The summed E-state index contributed by atoms with van der Waals surface area (Å²) < 4.78 is 74.6. The Balaban J connectivity index is 1.79. The normalized spacial score (nSPS) is 11.8. The van der Waals surface area contributed by atoms with E-state index >= 15 is 0 Å². The third-order valence-corrected chi connectivity index (χ3v) is 5.02. The predicted molar refractivity (Wildman–Crippen MR) is 104 cm³/mol. The molecule has 0 atom stereocenters. The fraction of sp³-hybridized carbons (Fsp3) is 0.227. The van der Waals surface area contributed by atoms with Gasteiger partial charge in [0.15, 0.2) is 17.5 Å². The van der Waals surface area contributed by atoms with Crippen molar-refractivity contribution >= 4 is 10.9 Å². The van der Waals surface area contributed by atoms with E-state index in [4.69, 9.17) is 9.78 Å². The molecule has 0 aliphatic carbocycles. The minimum Gasteiger partial charge on any atom is -0.337 e. The van der Waals surface area contributed by atoms with E-state index in [1.54, 1.807) is 10.6 Å². The van der Waals surface area contributed by atoms with Gasteiger partial charge in [-0.15, -0.1) is 0 Å². The lowest BCUT2D eigenvalue weighted by atomic mass is 10.0. The van der Waals surface area contributed by atoms with Gasteiger partial charge in [-0.05, 0) is 42.8 Å². The number of benzene rings is 2. The van der Waals surface area contributed by atoms with E-state index < -0.39 is 28.9 Å². The minimum absolute atomic E-state index is 0.00475. The molecule has 0 radical (unpaired) electrons. The molecule has 5 nitrogen and oxygen atoms in total. The average Bonchev–Trinajstić information content (AvgIpc) is 3.34. The Morgan fingerprint density at radius 3 is 2.53 bits per heavy atom. The van der Waals surface area contributed by atoms with E-state index in [1.807, 2.05) is 6.92 Å². The lowest BCUT2D eigenvalue weighted by Crippen LogP contribution is -2.09. The zero-order valence-corrected chi connectivity index (χ0v) is 16.7. The van der Waals surface area contributed by atoms with E-state index in [2.05, 4.69) is 10.1 Å². The number of rotatable bonds is 5. The number of aromatic nitrogens is 3. The maximum atomic E-state index is 13.7. The molecular weight excluding hydrogens is 431 g/mol. The Morgan fingerprint density at radius 1 is 1.09 bits per heavy atom. The van der Waals surface area contributed by atoms with Gasteiger partial charge in [0.05, 0.1) is 23.7 Å². The SMILES string of the molecule is CCCc1cc2c(C(F)(F)F)c(C#N)ccc2n1Cc1noc(-c2ccc(F)c(F)c2)n1. The fourth-order valence-corrected chi connectivity index (χ4v) is 3.64. The van der Waals surface area contributed by atoms with Crippen LogP contribution in [-0.2, 0) is 19.1 Å². The number of aryl methyl sites for hydroxylation is 1. The highest BCUT2D eigenvalue weighted by molar-refractivity contribution is 5.87. The van der Waals surface area contributed by atoms with Crippen LogP contribution in [0, 0.1) is 23.0 Å². The van der Waals surface area contributed by atoms with E-state index in [0.29, 0.717) is 18.5 Å². The summed E-state index contributed by atoms with van der Waals surface area (Å²) in [6.07, 6.45) is -3.54. The molecule has 32 heavy (non-hydrogen) atoms. The van der Waals surface area contributed by atoms with Gasteiger partial charge in [-0.2, -0.15) is 23.4 Å². The second-order valence-electron chi connectivity index (χ2n) is 7.15. The monoisotopic (exact) mass is 446 g/mol. The molecule has 0 amide bonds. The van der Waals surface area contributed by atoms with Gasteiger partial charge in [0.2, 0.25) is 0 Å². The van der Waals surface area contributed by atoms with E-state index in [1.165, 1.54) is 18.2 Å². The van der Waals surface area contributed by atoms with E-state index in [9.17, 15) is 22.0 Å². The molecule has 4 aromatic rings. The molecule has 2 aromatic heterocycles. The van der Waals surface area contributed by atoms with E-state index in [0.717, 1.165) is 18.2 Å². The first-order chi connectivity index (χ1) is 15.2. The highest BCUT2D eigenvalue weighted by atomic mass is 19.4. The van der Waals surface area contributed by atoms with Crippen LogP contribution in [0.3, 0.4) is 0 Å². The maximum Gasteiger partial charge on any atom is 0.418 e. The molecule has 164 valence electrons. The van der Waals surface area contributed by atoms with Crippen LogP contribution in [0.5, 0.6) is 0 Å². The van der Waals surface area contributed by atoms with Gasteiger partial charge in [-0.25, -0.2) is 8.78 Å². The fourth-order valence-electron chi connectivity index (χ4n) is 3.64. The predicted octanol–water partition coefficient (Wildman–Crippen LogP) is 5.86. The van der Waals surface area contributed by atoms with Crippen molar-refractivity contribution in [3.63, 3.8) is 0 Å². The summed E-state index contributed by atoms with van der Waals surface area (Å²) in [5.74, 6) is -1.99. The molecule has 0 aliphatic rings. The minimum atomic E-state index is -4.70. The zero-order chi connectivity index (χ0) is 23.0. The number of hydrogen-bond acceptors (Lipinski definition) is 4. The number of halogens is 5. The summed E-state index contributed by atoms with van der Waals surface area (Å²) in [4.78, 5) is 4.18. The molecule has 0 unspecified atom stereocenters. The smallest absolute Gasteiger partial charge is 0.337 e. The Bertz CT molecular complexity index is 1350. The topological polar surface area (TPSA) is 67.6 Å². The molecule has 0 fully saturated rings. The van der Waals surface area contributed by atoms with Crippen molar-refractivity contribution in [3.8, 4) is 17.5 Å². The highest BCUT2D eigenvalue weighted by Crippen LogP contribution is 2.39. The first-order valence-corrected chi connectivity index (χ1v) is 9.63. The molecule has 0 aliphatic heterocycles. The second-order valence-corrected chi connectivity index (χ2v) is 7.15. The molecule has 0 spiro atoms. The van der Waals surface area contributed by atoms with Crippen LogP contribution in [0.2, 0.25) is 0 Å². The summed E-state index contributed by atoms with van der Waals surface area (Å²) in [6, 6.07) is 8.76. The largest absolute Gasteiger partial charge is 0.418 e. The molecule has 4 rings (SSSR count). The first kappa shape index (κ1) is 21.5. The molecule has 0 bridgehead atoms. The van der Waals surface area contributed by atoms with Crippen LogP contribution in [-0.4, -0.2) is 14.7 Å². The molecular formula is C22H15F5N4O. The van der Waals surface area contributed by atoms with Gasteiger partial charge in [-0.1, -0.05) is 18.5 Å². The first-order valence-electron chi connectivity index (χ1n) is 9.63. The van der Waals surface area contributed by atoms with Crippen LogP contribution < -0.4 is 0 Å². The summed E-state index contributed by atoms with van der Waals surface area (Å²) in [6.45, 7) is 1.89. The van der Waals surface area contributed by atoms with Crippen molar-refractivity contribution < 1.29 is 26.5 Å². The van der Waals surface area contributed by atoms with Crippen molar-refractivity contribution in [2.75, 3.05) is 0 Å². The molecule has 2 heterocycles. The molecule has 0 saturated carbocycles. The summed E-state index contributed by atoms with van der Waals surface area (Å²) in [5.41, 5.74) is -0.373. The lowest BCUT2D eigenvalue weighted by Gasteiger charge is -2.11. The Labute approximate surface area is 178 Å². The van der Waals surface area contributed by atoms with Gasteiger partial charge in [0.1, 0.15) is 0 Å². The molecule has 2 aromatic carbocycles. The van der Waals surface area contributed by atoms with Crippen molar-refractivity contribution in [1.82, 2.24) is 14.7 Å². The summed E-state index contributed by atoms with van der Waals surface area (Å²) in [5, 5.41) is 12.9.